The van der Waals surface area contributed by atoms with E-state index in [0.29, 0.717) is 28.4 Å². The fourth-order valence-electron chi connectivity index (χ4n) is 4.85. The number of sulfonamides is 1. The van der Waals surface area contributed by atoms with Crippen LogP contribution in [0.2, 0.25) is 5.02 Å². The third-order valence-electron chi connectivity index (χ3n) is 7.10. The molecule has 0 bridgehead atoms. The predicted molar refractivity (Wildman–Crippen MR) is 164 cm³/mol. The van der Waals surface area contributed by atoms with E-state index in [-0.39, 0.29) is 32.8 Å². The normalized spacial score (nSPS) is 13.9. The van der Waals surface area contributed by atoms with E-state index in [2.05, 4.69) is 10.2 Å². The lowest BCUT2D eigenvalue weighted by atomic mass is 9.98. The van der Waals surface area contributed by atoms with Crippen LogP contribution in [0.25, 0.3) is 0 Å². The molecule has 0 radical (unpaired) electrons. The molecule has 1 heterocycles. The molecule has 0 unspecified atom stereocenters. The molecule has 0 aromatic heterocycles. The van der Waals surface area contributed by atoms with E-state index in [1.807, 2.05) is 6.07 Å². The number of hydrogen-bond acceptors (Lipinski definition) is 8. The van der Waals surface area contributed by atoms with Gasteiger partial charge in [-0.15, -0.1) is 0 Å². The van der Waals surface area contributed by atoms with Crippen molar-refractivity contribution in [2.24, 2.45) is 0 Å². The molecule has 3 aromatic rings. The molecule has 1 aliphatic heterocycles. The van der Waals surface area contributed by atoms with Crippen molar-refractivity contribution in [3.63, 3.8) is 0 Å². The Morgan fingerprint density at radius 1 is 1.07 bits per heavy atom. The second kappa shape index (κ2) is 14.1. The standard InChI is InChI=1S/C31H32ClN4O6S/c1-21-14-23(19-33)17-24(15-21)31(38)27-18-25(32)6-9-29(27)42-20-30(37)34-28-8-7-26(16-22(28)2)43(40,41)36(39)13-12-35-10-4-3-5-11-35/h6-9,14-18H,3-5,10-13,20H2,1-2H3,(H,34,37)/q-1. The Bertz CT molecular complexity index is 1670. The number of nitriles is 1. The number of nitrogens with zero attached hydrogens (tertiary/aromatic N) is 3. The van der Waals surface area contributed by atoms with Crippen molar-refractivity contribution < 1.29 is 22.7 Å². The predicted octanol–water partition coefficient (Wildman–Crippen LogP) is 5.05. The van der Waals surface area contributed by atoms with E-state index >= 15 is 0 Å². The summed E-state index contributed by atoms with van der Waals surface area (Å²) in [5, 5.41) is 24.7. The van der Waals surface area contributed by atoms with Crippen LogP contribution in [0.5, 0.6) is 5.75 Å². The summed E-state index contributed by atoms with van der Waals surface area (Å²) in [5.74, 6) is -0.849. The highest BCUT2D eigenvalue weighted by atomic mass is 35.5. The highest BCUT2D eigenvalue weighted by Gasteiger charge is 2.21. The summed E-state index contributed by atoms with van der Waals surface area (Å²) in [7, 11) is -4.25. The molecular formula is C31H32ClN4O6S-. The fourth-order valence-corrected chi connectivity index (χ4v) is 6.14. The number of likely N-dealkylation sites (tertiary alicyclic amines) is 1. The van der Waals surface area contributed by atoms with Crippen LogP contribution in [-0.2, 0) is 14.8 Å². The first-order valence-corrected chi connectivity index (χ1v) is 15.6. The zero-order valence-electron chi connectivity index (χ0n) is 23.9. The number of nitrogens with one attached hydrogen (secondary N) is 1. The first-order valence-electron chi connectivity index (χ1n) is 13.8. The van der Waals surface area contributed by atoms with Crippen molar-refractivity contribution in [2.75, 3.05) is 38.1 Å². The van der Waals surface area contributed by atoms with E-state index in [1.54, 1.807) is 26.0 Å². The third kappa shape index (κ3) is 8.19. The van der Waals surface area contributed by atoms with Crippen LogP contribution < -0.4 is 10.1 Å². The molecule has 10 nitrogen and oxygen atoms in total. The molecule has 1 amide bonds. The summed E-state index contributed by atoms with van der Waals surface area (Å²) >= 11 is 6.14. The lowest BCUT2D eigenvalue weighted by molar-refractivity contribution is -0.118. The molecule has 1 fully saturated rings. The molecule has 0 saturated carbocycles. The van der Waals surface area contributed by atoms with Crippen molar-refractivity contribution in [1.82, 2.24) is 9.37 Å². The number of benzene rings is 3. The first kappa shape index (κ1) is 32.1. The minimum atomic E-state index is -4.25. The Morgan fingerprint density at radius 2 is 1.81 bits per heavy atom. The number of ketones is 1. The smallest absolute Gasteiger partial charge is 0.262 e. The van der Waals surface area contributed by atoms with Gasteiger partial charge in [0.25, 0.3) is 5.91 Å². The Kier molecular flexibility index (Phi) is 10.6. The third-order valence-corrected chi connectivity index (χ3v) is 8.90. The first-order chi connectivity index (χ1) is 20.5. The van der Waals surface area contributed by atoms with E-state index < -0.39 is 28.3 Å². The van der Waals surface area contributed by atoms with E-state index in [0.717, 1.165) is 37.9 Å². The lowest BCUT2D eigenvalue weighted by Crippen LogP contribution is -2.38. The summed E-state index contributed by atoms with van der Waals surface area (Å²) in [5.41, 5.74) is 2.26. The molecule has 3 aromatic carbocycles. The van der Waals surface area contributed by atoms with Gasteiger partial charge in [-0.05, 0) is 106 Å². The number of hydroxylamine groups is 1. The van der Waals surface area contributed by atoms with Crippen LogP contribution in [0.15, 0.2) is 59.5 Å². The molecule has 1 aliphatic rings. The average Bonchev–Trinajstić information content (AvgIpc) is 2.99. The maximum atomic E-state index is 13.3. The lowest BCUT2D eigenvalue weighted by Gasteiger charge is -2.32. The van der Waals surface area contributed by atoms with Gasteiger partial charge in [-0.2, -0.15) is 5.26 Å². The molecule has 0 atom stereocenters. The van der Waals surface area contributed by atoms with Crippen LogP contribution in [0.3, 0.4) is 0 Å². The summed E-state index contributed by atoms with van der Waals surface area (Å²) in [6, 6.07) is 15.3. The summed E-state index contributed by atoms with van der Waals surface area (Å²) in [4.78, 5) is 28.0. The Balaban J connectivity index is 1.40. The largest absolute Gasteiger partial charge is 0.772 e. The van der Waals surface area contributed by atoms with Gasteiger partial charge < -0.3 is 20.2 Å². The Morgan fingerprint density at radius 3 is 2.51 bits per heavy atom. The molecule has 0 aliphatic carbocycles. The zero-order valence-corrected chi connectivity index (χ0v) is 25.5. The average molecular weight is 624 g/mol. The number of aryl methyl sites for hydroxylation is 2. The Labute approximate surface area is 256 Å². The Hall–Kier alpha value is -3.79. The van der Waals surface area contributed by atoms with Gasteiger partial charge in [0.2, 0.25) is 10.0 Å². The van der Waals surface area contributed by atoms with Crippen LogP contribution in [0.4, 0.5) is 5.69 Å². The highest BCUT2D eigenvalue weighted by Crippen LogP contribution is 2.27. The minimum absolute atomic E-state index is 0.116. The number of carbonyl (C=O) groups is 2. The van der Waals surface area contributed by atoms with Gasteiger partial charge in [-0.3, -0.25) is 14.1 Å². The van der Waals surface area contributed by atoms with Crippen molar-refractivity contribution in [2.45, 2.75) is 38.0 Å². The van der Waals surface area contributed by atoms with Crippen molar-refractivity contribution in [3.05, 3.63) is 92.6 Å². The van der Waals surface area contributed by atoms with Crippen LogP contribution >= 0.6 is 11.6 Å². The number of piperidine rings is 1. The fraction of sp³-hybridized carbons (Fsp3) is 0.323. The van der Waals surface area contributed by atoms with Gasteiger partial charge in [-0.25, -0.2) is 8.42 Å². The topological polar surface area (TPSA) is 143 Å². The number of anilines is 1. The molecule has 1 saturated heterocycles. The monoisotopic (exact) mass is 623 g/mol. The van der Waals surface area contributed by atoms with E-state index in [4.69, 9.17) is 16.3 Å². The number of amides is 1. The molecular weight excluding hydrogens is 592 g/mol. The number of hydrogen-bond donors (Lipinski definition) is 1. The highest BCUT2D eigenvalue weighted by molar-refractivity contribution is 7.89. The van der Waals surface area contributed by atoms with E-state index in [9.17, 15) is 28.5 Å². The number of carbonyl (C=O) groups excluding carboxylic acids is 2. The second-order valence-electron chi connectivity index (χ2n) is 10.4. The molecule has 1 N–H and O–H groups in total. The van der Waals surface area contributed by atoms with Gasteiger partial charge in [0.1, 0.15) is 5.75 Å². The number of halogens is 1. The van der Waals surface area contributed by atoms with Gasteiger partial charge in [0, 0.05) is 29.4 Å². The van der Waals surface area contributed by atoms with Crippen LogP contribution in [-0.4, -0.2) is 62.3 Å². The summed E-state index contributed by atoms with van der Waals surface area (Å²) in [6.07, 6.45) is 3.23. The quantitative estimate of drug-likeness (QED) is 0.231. The van der Waals surface area contributed by atoms with Gasteiger partial charge in [-0.1, -0.05) is 18.0 Å². The maximum absolute atomic E-state index is 13.3. The van der Waals surface area contributed by atoms with Gasteiger partial charge in [0.05, 0.1) is 22.1 Å². The van der Waals surface area contributed by atoms with Crippen molar-refractivity contribution >= 4 is 39.0 Å². The van der Waals surface area contributed by atoms with Crippen LogP contribution in [0, 0.1) is 30.4 Å². The van der Waals surface area contributed by atoms with Crippen molar-refractivity contribution in [3.8, 4) is 11.8 Å². The second-order valence-corrected chi connectivity index (χ2v) is 12.7. The molecule has 226 valence electrons. The van der Waals surface area contributed by atoms with Crippen LogP contribution in [0.1, 0.15) is 51.9 Å². The minimum Gasteiger partial charge on any atom is -0.772 e. The summed E-state index contributed by atoms with van der Waals surface area (Å²) < 4.78 is 31.5. The zero-order chi connectivity index (χ0) is 31.1. The molecule has 4 rings (SSSR count). The molecule has 43 heavy (non-hydrogen) atoms. The van der Waals surface area contributed by atoms with E-state index in [1.165, 1.54) is 42.5 Å². The molecule has 12 heteroatoms. The maximum Gasteiger partial charge on any atom is 0.262 e. The number of rotatable bonds is 11. The van der Waals surface area contributed by atoms with Gasteiger partial charge >= 0.3 is 0 Å². The van der Waals surface area contributed by atoms with Gasteiger partial charge in [0.15, 0.2) is 12.4 Å². The SMILES string of the molecule is Cc1cc(C#N)cc(C(=O)c2cc(Cl)ccc2OCC(=O)Nc2ccc(S(=O)(=O)N([O-])CCN3CCCCC3)cc2C)c1. The summed E-state index contributed by atoms with van der Waals surface area (Å²) in [6.45, 7) is 4.87. The number of ether oxygens (including phenoxy) is 1. The van der Waals surface area contributed by atoms with Crippen molar-refractivity contribution in [1.29, 1.82) is 5.26 Å². The molecule has 0 spiro atoms.